The van der Waals surface area contributed by atoms with Crippen LogP contribution in [0.1, 0.15) is 51.5 Å². The van der Waals surface area contributed by atoms with Crippen molar-refractivity contribution in [2.75, 3.05) is 13.1 Å². The summed E-state index contributed by atoms with van der Waals surface area (Å²) in [5.41, 5.74) is 3.19. The zero-order valence-corrected chi connectivity index (χ0v) is 17.5. The number of fused-ring (bicyclic) bond motifs is 1. The molecule has 1 aliphatic rings. The zero-order chi connectivity index (χ0) is 21.4. The minimum absolute atomic E-state index is 0.126. The first-order valence-electron chi connectivity index (χ1n) is 9.82. The molecule has 0 unspecified atom stereocenters. The van der Waals surface area contributed by atoms with E-state index in [0.29, 0.717) is 40.5 Å². The van der Waals surface area contributed by atoms with Gasteiger partial charge in [-0.05, 0) is 62.2 Å². The highest BCUT2D eigenvalue weighted by Crippen LogP contribution is 2.21. The number of rotatable bonds is 4. The highest BCUT2D eigenvalue weighted by atomic mass is 35.5. The number of carbonyl (C=O) groups excluding carboxylic acids is 2. The molecule has 0 radical (unpaired) electrons. The Balaban J connectivity index is 1.47. The number of aromatic amines is 1. The Morgan fingerprint density at radius 1 is 1.30 bits per heavy atom. The Morgan fingerprint density at radius 3 is 2.80 bits per heavy atom. The van der Waals surface area contributed by atoms with Crippen LogP contribution in [0.4, 0.5) is 4.39 Å². The summed E-state index contributed by atoms with van der Waals surface area (Å²) in [6, 6.07) is 9.94. The van der Waals surface area contributed by atoms with E-state index in [4.69, 9.17) is 11.6 Å². The molecule has 1 saturated heterocycles. The molecule has 1 aromatic heterocycles. The predicted octanol–water partition coefficient (Wildman–Crippen LogP) is 4.20. The van der Waals surface area contributed by atoms with Crippen LogP contribution in [0.5, 0.6) is 0 Å². The molecule has 0 bridgehead atoms. The number of nitrogens with zero attached hydrogens (tertiary/aromatic N) is 2. The van der Waals surface area contributed by atoms with Gasteiger partial charge in [-0.3, -0.25) is 9.59 Å². The predicted molar refractivity (Wildman–Crippen MR) is 114 cm³/mol. The molecule has 2 N–H and O–H groups in total. The fraction of sp³-hybridized carbons (Fsp3) is 0.318. The molecule has 1 aliphatic heterocycles. The first kappa shape index (κ1) is 20.3. The van der Waals surface area contributed by atoms with E-state index >= 15 is 0 Å². The SMILES string of the molecule is Cc1cc(C(=O)N[C@@H](C)c2nc3ccc(Cl)cc3[nH]2)ccc1C(=O)N1CC[C@H](F)C1. The van der Waals surface area contributed by atoms with Crippen LogP contribution in [-0.4, -0.2) is 45.9 Å². The molecule has 0 saturated carbocycles. The summed E-state index contributed by atoms with van der Waals surface area (Å²) in [5.74, 6) is 0.154. The topological polar surface area (TPSA) is 78.1 Å². The molecule has 156 valence electrons. The van der Waals surface area contributed by atoms with E-state index in [1.165, 1.54) is 4.90 Å². The van der Waals surface area contributed by atoms with E-state index < -0.39 is 6.17 Å². The van der Waals surface area contributed by atoms with E-state index in [2.05, 4.69) is 15.3 Å². The fourth-order valence-corrected chi connectivity index (χ4v) is 3.84. The molecule has 0 spiro atoms. The van der Waals surface area contributed by atoms with Gasteiger partial charge in [0, 0.05) is 22.7 Å². The molecule has 0 aliphatic carbocycles. The van der Waals surface area contributed by atoms with Gasteiger partial charge in [0.15, 0.2) is 0 Å². The molecule has 3 aromatic rings. The first-order valence-corrected chi connectivity index (χ1v) is 10.2. The van der Waals surface area contributed by atoms with Gasteiger partial charge in [0.25, 0.3) is 11.8 Å². The average molecular weight is 429 g/mol. The maximum absolute atomic E-state index is 13.4. The van der Waals surface area contributed by atoms with Gasteiger partial charge in [0.2, 0.25) is 0 Å². The maximum Gasteiger partial charge on any atom is 0.254 e. The molecule has 4 rings (SSSR count). The standard InChI is InChI=1S/C22H22ClFN4O2/c1-12-9-14(3-5-17(12)22(30)28-8-7-16(24)11-28)21(29)25-13(2)20-26-18-6-4-15(23)10-19(18)27-20/h3-6,9-10,13,16H,7-8,11H2,1-2H3,(H,25,29)(H,26,27)/t13-,16-/m0/s1. The van der Waals surface area contributed by atoms with Crippen LogP contribution >= 0.6 is 11.6 Å². The lowest BCUT2D eigenvalue weighted by Crippen LogP contribution is -2.30. The number of alkyl halides is 1. The number of halogens is 2. The number of hydrogen-bond acceptors (Lipinski definition) is 3. The Morgan fingerprint density at radius 2 is 2.10 bits per heavy atom. The van der Waals surface area contributed by atoms with Crippen molar-refractivity contribution < 1.29 is 14.0 Å². The van der Waals surface area contributed by atoms with Gasteiger partial charge in [-0.25, -0.2) is 9.37 Å². The summed E-state index contributed by atoms with van der Waals surface area (Å²) in [7, 11) is 0. The molecule has 1 fully saturated rings. The van der Waals surface area contributed by atoms with Gasteiger partial charge < -0.3 is 15.2 Å². The van der Waals surface area contributed by atoms with Crippen molar-refractivity contribution in [1.29, 1.82) is 0 Å². The molecule has 2 atom stereocenters. The zero-order valence-electron chi connectivity index (χ0n) is 16.7. The third kappa shape index (κ3) is 4.03. The smallest absolute Gasteiger partial charge is 0.254 e. The molecule has 2 heterocycles. The lowest BCUT2D eigenvalue weighted by molar-refractivity contribution is 0.0781. The highest BCUT2D eigenvalue weighted by Gasteiger charge is 2.27. The third-order valence-electron chi connectivity index (χ3n) is 5.36. The number of imidazole rings is 1. The number of amides is 2. The summed E-state index contributed by atoms with van der Waals surface area (Å²) in [4.78, 5) is 34.5. The number of aromatic nitrogens is 2. The molecule has 6 nitrogen and oxygen atoms in total. The van der Waals surface area contributed by atoms with Gasteiger partial charge in [-0.15, -0.1) is 0 Å². The minimum Gasteiger partial charge on any atom is -0.342 e. The van der Waals surface area contributed by atoms with Gasteiger partial charge in [0.05, 0.1) is 23.6 Å². The largest absolute Gasteiger partial charge is 0.342 e. The van der Waals surface area contributed by atoms with Crippen molar-refractivity contribution >= 4 is 34.4 Å². The Labute approximate surface area is 178 Å². The van der Waals surface area contributed by atoms with Crippen LogP contribution in [-0.2, 0) is 0 Å². The quantitative estimate of drug-likeness (QED) is 0.653. The highest BCUT2D eigenvalue weighted by molar-refractivity contribution is 6.31. The van der Waals surface area contributed by atoms with E-state index in [1.807, 2.05) is 13.0 Å². The lowest BCUT2D eigenvalue weighted by atomic mass is 10.0. The van der Waals surface area contributed by atoms with Gasteiger partial charge in [0.1, 0.15) is 12.0 Å². The second-order valence-electron chi connectivity index (χ2n) is 7.65. The van der Waals surface area contributed by atoms with Crippen molar-refractivity contribution in [2.24, 2.45) is 0 Å². The number of hydrogen-bond donors (Lipinski definition) is 2. The molecular formula is C22H22ClFN4O2. The Kier molecular flexibility index (Phi) is 5.47. The second kappa shape index (κ2) is 8.07. The van der Waals surface area contributed by atoms with Crippen LogP contribution in [0, 0.1) is 6.92 Å². The monoisotopic (exact) mass is 428 g/mol. The summed E-state index contributed by atoms with van der Waals surface area (Å²) in [6.07, 6.45) is -0.591. The van der Waals surface area contributed by atoms with E-state index in [-0.39, 0.29) is 24.4 Å². The summed E-state index contributed by atoms with van der Waals surface area (Å²) in [5, 5.41) is 3.52. The van der Waals surface area contributed by atoms with Crippen molar-refractivity contribution in [1.82, 2.24) is 20.2 Å². The van der Waals surface area contributed by atoms with E-state index in [0.717, 1.165) is 11.0 Å². The molecule has 8 heteroatoms. The van der Waals surface area contributed by atoms with Crippen molar-refractivity contribution in [2.45, 2.75) is 32.5 Å². The van der Waals surface area contributed by atoms with Gasteiger partial charge >= 0.3 is 0 Å². The number of benzene rings is 2. The van der Waals surface area contributed by atoms with Gasteiger partial charge in [-0.2, -0.15) is 0 Å². The third-order valence-corrected chi connectivity index (χ3v) is 5.59. The molecule has 2 aromatic carbocycles. The normalized spacial score (nSPS) is 17.3. The van der Waals surface area contributed by atoms with E-state index in [9.17, 15) is 14.0 Å². The Hall–Kier alpha value is -2.93. The average Bonchev–Trinajstić information content (AvgIpc) is 3.33. The number of nitrogens with one attached hydrogen (secondary N) is 2. The number of aryl methyl sites for hydroxylation is 1. The first-order chi connectivity index (χ1) is 14.3. The number of carbonyl (C=O) groups is 2. The van der Waals surface area contributed by atoms with Crippen molar-refractivity contribution in [3.63, 3.8) is 0 Å². The second-order valence-corrected chi connectivity index (χ2v) is 8.08. The number of likely N-dealkylation sites (tertiary alicyclic amines) is 1. The van der Waals surface area contributed by atoms with Crippen LogP contribution in [0.3, 0.4) is 0 Å². The minimum atomic E-state index is -0.963. The summed E-state index contributed by atoms with van der Waals surface area (Å²) < 4.78 is 13.4. The van der Waals surface area contributed by atoms with Crippen molar-refractivity contribution in [3.8, 4) is 0 Å². The summed E-state index contributed by atoms with van der Waals surface area (Å²) in [6.45, 7) is 4.16. The maximum atomic E-state index is 13.4. The lowest BCUT2D eigenvalue weighted by Gasteiger charge is -2.17. The Bertz CT molecular complexity index is 1130. The summed E-state index contributed by atoms with van der Waals surface area (Å²) >= 11 is 6.01. The van der Waals surface area contributed by atoms with Crippen LogP contribution in [0.25, 0.3) is 11.0 Å². The van der Waals surface area contributed by atoms with Crippen LogP contribution < -0.4 is 5.32 Å². The van der Waals surface area contributed by atoms with E-state index in [1.54, 1.807) is 37.3 Å². The molecule has 30 heavy (non-hydrogen) atoms. The van der Waals surface area contributed by atoms with Crippen molar-refractivity contribution in [3.05, 3.63) is 63.9 Å². The van der Waals surface area contributed by atoms with Crippen LogP contribution in [0.15, 0.2) is 36.4 Å². The number of H-pyrrole nitrogens is 1. The molecular weight excluding hydrogens is 407 g/mol. The van der Waals surface area contributed by atoms with Crippen LogP contribution in [0.2, 0.25) is 5.02 Å². The molecule has 2 amide bonds. The fourth-order valence-electron chi connectivity index (χ4n) is 3.67. The van der Waals surface area contributed by atoms with Gasteiger partial charge in [-0.1, -0.05) is 11.6 Å².